The van der Waals surface area contributed by atoms with E-state index in [0.29, 0.717) is 5.58 Å². The van der Waals surface area contributed by atoms with Crippen molar-refractivity contribution in [1.29, 1.82) is 0 Å². The van der Waals surface area contributed by atoms with E-state index in [0.717, 1.165) is 9.86 Å². The zero-order valence-electron chi connectivity index (χ0n) is 7.28. The number of aromatic nitrogens is 1. The average Bonchev–Trinajstić information content (AvgIpc) is 2.59. The molecule has 0 spiro atoms. The average molecular weight is 256 g/mol. The van der Waals surface area contributed by atoms with Crippen molar-refractivity contribution in [2.45, 2.75) is 0 Å². The van der Waals surface area contributed by atoms with Crippen LogP contribution in [0.4, 0.5) is 0 Å². The molecule has 0 bridgehead atoms. The molecule has 0 radical (unpaired) electrons. The first kappa shape index (κ1) is 9.21. The molecule has 2 aromatic heterocycles. The highest BCUT2D eigenvalue weighted by atomic mass is 79.9. The lowest BCUT2D eigenvalue weighted by atomic mass is 10.3. The molecule has 0 amide bonds. The quantitative estimate of drug-likeness (QED) is 0.735. The van der Waals surface area contributed by atoms with Crippen LogP contribution in [0, 0.1) is 0 Å². The molecule has 4 nitrogen and oxygen atoms in total. The first-order chi connectivity index (χ1) is 6.72. The number of ether oxygens (including phenoxy) is 1. The number of nitrogens with zero attached hydrogens (tertiary/aromatic N) is 1. The lowest BCUT2D eigenvalue weighted by Gasteiger charge is -1.97. The van der Waals surface area contributed by atoms with Gasteiger partial charge in [-0.1, -0.05) is 0 Å². The largest absolute Gasteiger partial charge is 0.464 e. The van der Waals surface area contributed by atoms with Crippen LogP contribution in [-0.4, -0.2) is 18.1 Å². The molecule has 0 aromatic carbocycles. The summed E-state index contributed by atoms with van der Waals surface area (Å²) < 4.78 is 10.5. The summed E-state index contributed by atoms with van der Waals surface area (Å²) in [6, 6.07) is 1.62. The minimum absolute atomic E-state index is 0.266. The second kappa shape index (κ2) is 3.42. The molecule has 0 aliphatic rings. The van der Waals surface area contributed by atoms with E-state index in [-0.39, 0.29) is 5.69 Å². The fourth-order valence-corrected chi connectivity index (χ4v) is 1.52. The summed E-state index contributed by atoms with van der Waals surface area (Å²) in [5.41, 5.74) is 0.895. The van der Waals surface area contributed by atoms with Crippen molar-refractivity contribution in [1.82, 2.24) is 4.98 Å². The minimum atomic E-state index is -0.458. The Morgan fingerprint density at radius 2 is 2.43 bits per heavy atom. The number of hydrogen-bond donors (Lipinski definition) is 0. The van der Waals surface area contributed by atoms with E-state index >= 15 is 0 Å². The molecule has 0 saturated heterocycles. The van der Waals surface area contributed by atoms with E-state index < -0.39 is 5.97 Å². The highest BCUT2D eigenvalue weighted by molar-refractivity contribution is 9.10. The standard InChI is InChI=1S/C9H6BrNO3/c1-13-9(12)7-2-5-6(10)4-14-8(5)3-11-7/h2-4H,1H3. The number of methoxy groups -OCH3 is 1. The topological polar surface area (TPSA) is 52.3 Å². The molecule has 0 atom stereocenters. The van der Waals surface area contributed by atoms with Gasteiger partial charge in [0.15, 0.2) is 5.58 Å². The van der Waals surface area contributed by atoms with E-state index in [1.807, 2.05) is 0 Å². The zero-order chi connectivity index (χ0) is 10.1. The van der Waals surface area contributed by atoms with Crippen LogP contribution in [0.25, 0.3) is 11.0 Å². The summed E-state index contributed by atoms with van der Waals surface area (Å²) in [6.45, 7) is 0. The molecule has 0 unspecified atom stereocenters. The van der Waals surface area contributed by atoms with E-state index in [2.05, 4.69) is 25.7 Å². The van der Waals surface area contributed by atoms with Crippen molar-refractivity contribution in [3.05, 3.63) is 28.7 Å². The Hall–Kier alpha value is -1.36. The molecule has 72 valence electrons. The molecule has 0 saturated carbocycles. The van der Waals surface area contributed by atoms with Gasteiger partial charge >= 0.3 is 5.97 Å². The molecule has 14 heavy (non-hydrogen) atoms. The normalized spacial score (nSPS) is 10.4. The van der Waals surface area contributed by atoms with Crippen LogP contribution in [0.3, 0.4) is 0 Å². The van der Waals surface area contributed by atoms with Crippen molar-refractivity contribution in [2.24, 2.45) is 0 Å². The van der Waals surface area contributed by atoms with Gasteiger partial charge in [-0.3, -0.25) is 0 Å². The number of furan rings is 1. The van der Waals surface area contributed by atoms with E-state index in [4.69, 9.17) is 4.42 Å². The minimum Gasteiger partial charge on any atom is -0.464 e. The molecular formula is C9H6BrNO3. The summed E-state index contributed by atoms with van der Waals surface area (Å²) in [7, 11) is 1.32. The van der Waals surface area contributed by atoms with Crippen LogP contribution in [-0.2, 0) is 4.74 Å². The number of halogens is 1. The molecule has 5 heteroatoms. The number of carbonyl (C=O) groups is 1. The van der Waals surface area contributed by atoms with Gasteiger partial charge in [-0.25, -0.2) is 9.78 Å². The molecule has 2 rings (SSSR count). The Labute approximate surface area is 88.0 Å². The van der Waals surface area contributed by atoms with Crippen molar-refractivity contribution in [3.8, 4) is 0 Å². The number of carbonyl (C=O) groups excluding carboxylic acids is 1. The monoisotopic (exact) mass is 255 g/mol. The molecule has 0 aliphatic heterocycles. The third-order valence-electron chi connectivity index (χ3n) is 1.81. The Morgan fingerprint density at radius 3 is 3.14 bits per heavy atom. The summed E-state index contributed by atoms with van der Waals surface area (Å²) in [5, 5.41) is 0.806. The maximum Gasteiger partial charge on any atom is 0.356 e. The van der Waals surface area contributed by atoms with Crippen molar-refractivity contribution in [2.75, 3.05) is 7.11 Å². The molecule has 2 aromatic rings. The van der Waals surface area contributed by atoms with Crippen LogP contribution in [0.1, 0.15) is 10.5 Å². The third kappa shape index (κ3) is 1.39. The van der Waals surface area contributed by atoms with Crippen LogP contribution >= 0.6 is 15.9 Å². The lowest BCUT2D eigenvalue weighted by Crippen LogP contribution is -2.03. The Balaban J connectivity index is 2.60. The fourth-order valence-electron chi connectivity index (χ4n) is 1.12. The number of fused-ring (bicyclic) bond motifs is 1. The number of pyridine rings is 1. The van der Waals surface area contributed by atoms with Crippen molar-refractivity contribution in [3.63, 3.8) is 0 Å². The molecule has 0 fully saturated rings. The molecule has 2 heterocycles. The van der Waals surface area contributed by atoms with Gasteiger partial charge in [0.25, 0.3) is 0 Å². The van der Waals surface area contributed by atoms with Crippen molar-refractivity contribution < 1.29 is 13.9 Å². The summed E-state index contributed by atoms with van der Waals surface area (Å²) in [6.07, 6.45) is 3.04. The van der Waals surface area contributed by atoms with Gasteiger partial charge in [0.1, 0.15) is 12.0 Å². The van der Waals surface area contributed by atoms with E-state index in [1.54, 1.807) is 12.3 Å². The second-order valence-electron chi connectivity index (χ2n) is 2.64. The fraction of sp³-hybridized carbons (Fsp3) is 0.111. The second-order valence-corrected chi connectivity index (χ2v) is 3.50. The van der Waals surface area contributed by atoms with Gasteiger partial charge in [-0.2, -0.15) is 0 Å². The zero-order valence-corrected chi connectivity index (χ0v) is 8.87. The lowest BCUT2D eigenvalue weighted by molar-refractivity contribution is 0.0594. The van der Waals surface area contributed by atoms with Crippen LogP contribution in [0.2, 0.25) is 0 Å². The highest BCUT2D eigenvalue weighted by Gasteiger charge is 2.10. The highest BCUT2D eigenvalue weighted by Crippen LogP contribution is 2.25. The summed E-state index contributed by atoms with van der Waals surface area (Å²) in [5.74, 6) is -0.458. The predicted molar refractivity (Wildman–Crippen MR) is 53.0 cm³/mol. The van der Waals surface area contributed by atoms with E-state index in [1.165, 1.54) is 13.3 Å². The summed E-state index contributed by atoms with van der Waals surface area (Å²) in [4.78, 5) is 15.1. The Kier molecular flexibility index (Phi) is 2.25. The number of esters is 1. The van der Waals surface area contributed by atoms with Crippen LogP contribution in [0.5, 0.6) is 0 Å². The Bertz CT molecular complexity index is 492. The number of hydrogen-bond acceptors (Lipinski definition) is 4. The van der Waals surface area contributed by atoms with Crippen molar-refractivity contribution >= 4 is 32.9 Å². The van der Waals surface area contributed by atoms with Gasteiger partial charge in [-0.15, -0.1) is 0 Å². The van der Waals surface area contributed by atoms with Gasteiger partial charge in [0.05, 0.1) is 17.8 Å². The Morgan fingerprint density at radius 1 is 1.64 bits per heavy atom. The van der Waals surface area contributed by atoms with Gasteiger partial charge < -0.3 is 9.15 Å². The first-order valence-corrected chi connectivity index (χ1v) is 4.62. The SMILES string of the molecule is COC(=O)c1cc2c(Br)coc2cn1. The number of rotatable bonds is 1. The third-order valence-corrected chi connectivity index (χ3v) is 2.42. The van der Waals surface area contributed by atoms with Crippen LogP contribution < -0.4 is 0 Å². The molecular weight excluding hydrogens is 250 g/mol. The predicted octanol–water partition coefficient (Wildman–Crippen LogP) is 2.38. The molecule has 0 aliphatic carbocycles. The smallest absolute Gasteiger partial charge is 0.356 e. The van der Waals surface area contributed by atoms with Gasteiger partial charge in [-0.05, 0) is 22.0 Å². The van der Waals surface area contributed by atoms with Gasteiger partial charge in [0, 0.05) is 5.39 Å². The van der Waals surface area contributed by atoms with Gasteiger partial charge in [0.2, 0.25) is 0 Å². The maximum absolute atomic E-state index is 11.2. The maximum atomic E-state index is 11.2. The van der Waals surface area contributed by atoms with E-state index in [9.17, 15) is 4.79 Å². The summed E-state index contributed by atoms with van der Waals surface area (Å²) >= 11 is 3.30. The molecule has 0 N–H and O–H groups in total. The van der Waals surface area contributed by atoms with Crippen LogP contribution in [0.15, 0.2) is 27.4 Å². The first-order valence-electron chi connectivity index (χ1n) is 3.83.